The SMILES string of the molecule is Fc1ccc2c(c1)[C@H](Nc1ncnc3cccc(F)c13)CC1(CCCC1)O2. The average Bonchev–Trinajstić information content (AvgIpc) is 3.10. The van der Waals surface area contributed by atoms with Gasteiger partial charge in [0.2, 0.25) is 0 Å². The van der Waals surface area contributed by atoms with Gasteiger partial charge in [-0.3, -0.25) is 0 Å². The van der Waals surface area contributed by atoms with E-state index in [0.717, 1.165) is 31.2 Å². The van der Waals surface area contributed by atoms with E-state index in [-0.39, 0.29) is 23.3 Å². The molecule has 138 valence electrons. The molecule has 2 heterocycles. The van der Waals surface area contributed by atoms with Crippen molar-refractivity contribution in [1.29, 1.82) is 0 Å². The van der Waals surface area contributed by atoms with Gasteiger partial charge in [0.05, 0.1) is 16.9 Å². The first-order valence-corrected chi connectivity index (χ1v) is 9.28. The summed E-state index contributed by atoms with van der Waals surface area (Å²) in [5.41, 5.74) is 1.04. The normalized spacial score (nSPS) is 20.4. The molecule has 1 spiro atoms. The lowest BCUT2D eigenvalue weighted by Crippen LogP contribution is -2.40. The van der Waals surface area contributed by atoms with Crippen LogP contribution in [0.2, 0.25) is 0 Å². The highest BCUT2D eigenvalue weighted by Crippen LogP contribution is 2.48. The lowest BCUT2D eigenvalue weighted by Gasteiger charge is -2.40. The van der Waals surface area contributed by atoms with Crippen LogP contribution in [0.1, 0.15) is 43.7 Å². The molecule has 1 fully saturated rings. The molecule has 0 bridgehead atoms. The smallest absolute Gasteiger partial charge is 0.140 e. The highest BCUT2D eigenvalue weighted by atomic mass is 19.1. The summed E-state index contributed by atoms with van der Waals surface area (Å²) < 4.78 is 34.7. The standard InChI is InChI=1S/C21H19F2N3O/c22-13-6-7-18-14(10-13)17(11-21(27-18)8-1-2-9-21)26-20-19-15(23)4-3-5-16(19)24-12-25-20/h3-7,10,12,17H,1-2,8-9,11H2,(H,24,25,26)/t17-/m1/s1. The number of benzene rings is 2. The van der Waals surface area contributed by atoms with Gasteiger partial charge in [0.15, 0.2) is 0 Å². The molecule has 0 saturated heterocycles. The van der Waals surface area contributed by atoms with Crippen molar-refractivity contribution < 1.29 is 13.5 Å². The third-order valence-corrected chi connectivity index (χ3v) is 5.69. The maximum absolute atomic E-state index is 14.5. The number of hydrogen-bond acceptors (Lipinski definition) is 4. The predicted molar refractivity (Wildman–Crippen MR) is 98.7 cm³/mol. The van der Waals surface area contributed by atoms with Gasteiger partial charge in [0, 0.05) is 12.0 Å². The molecule has 6 heteroatoms. The van der Waals surface area contributed by atoms with Gasteiger partial charge in [0.1, 0.15) is 35.1 Å². The Morgan fingerprint density at radius 1 is 1.07 bits per heavy atom. The van der Waals surface area contributed by atoms with Crippen LogP contribution < -0.4 is 10.1 Å². The molecule has 27 heavy (non-hydrogen) atoms. The van der Waals surface area contributed by atoms with Crippen molar-refractivity contribution >= 4 is 16.7 Å². The molecular formula is C21H19F2N3O. The molecule has 1 saturated carbocycles. The van der Waals surface area contributed by atoms with Crippen LogP contribution in [0.4, 0.5) is 14.6 Å². The van der Waals surface area contributed by atoms with E-state index < -0.39 is 0 Å². The van der Waals surface area contributed by atoms with Crippen LogP contribution in [0.3, 0.4) is 0 Å². The van der Waals surface area contributed by atoms with Gasteiger partial charge in [-0.05, 0) is 56.0 Å². The molecule has 5 rings (SSSR count). The number of aromatic nitrogens is 2. The van der Waals surface area contributed by atoms with E-state index in [4.69, 9.17) is 4.74 Å². The number of nitrogens with zero attached hydrogens (tertiary/aromatic N) is 2. The quantitative estimate of drug-likeness (QED) is 0.680. The van der Waals surface area contributed by atoms with Gasteiger partial charge >= 0.3 is 0 Å². The Balaban J connectivity index is 1.59. The second-order valence-corrected chi connectivity index (χ2v) is 7.43. The predicted octanol–water partition coefficient (Wildman–Crippen LogP) is 5.16. The van der Waals surface area contributed by atoms with Gasteiger partial charge in [-0.2, -0.15) is 0 Å². The third kappa shape index (κ3) is 2.80. The summed E-state index contributed by atoms with van der Waals surface area (Å²) >= 11 is 0. The lowest BCUT2D eigenvalue weighted by atomic mass is 9.85. The Morgan fingerprint density at radius 3 is 2.78 bits per heavy atom. The van der Waals surface area contributed by atoms with Crippen molar-refractivity contribution in [1.82, 2.24) is 9.97 Å². The fraction of sp³-hybridized carbons (Fsp3) is 0.333. The van der Waals surface area contributed by atoms with Gasteiger partial charge in [0.25, 0.3) is 0 Å². The summed E-state index contributed by atoms with van der Waals surface area (Å²) in [6.45, 7) is 0. The molecule has 1 aromatic heterocycles. The van der Waals surface area contributed by atoms with Crippen molar-refractivity contribution in [3.05, 3.63) is 59.9 Å². The first-order chi connectivity index (χ1) is 13.1. The highest BCUT2D eigenvalue weighted by molar-refractivity contribution is 5.89. The zero-order chi connectivity index (χ0) is 18.4. The number of fused-ring (bicyclic) bond motifs is 2. The molecule has 2 aromatic carbocycles. The van der Waals surface area contributed by atoms with Crippen molar-refractivity contribution in [2.24, 2.45) is 0 Å². The van der Waals surface area contributed by atoms with Crippen molar-refractivity contribution in [3.63, 3.8) is 0 Å². The molecule has 3 aromatic rings. The number of anilines is 1. The molecule has 0 radical (unpaired) electrons. The molecular weight excluding hydrogens is 348 g/mol. The Morgan fingerprint density at radius 2 is 1.93 bits per heavy atom. The fourth-order valence-corrected chi connectivity index (χ4v) is 4.44. The molecule has 0 unspecified atom stereocenters. The van der Waals surface area contributed by atoms with Crippen LogP contribution >= 0.6 is 0 Å². The molecule has 0 amide bonds. The number of ether oxygens (including phenoxy) is 1. The van der Waals surface area contributed by atoms with Gasteiger partial charge < -0.3 is 10.1 Å². The average molecular weight is 367 g/mol. The van der Waals surface area contributed by atoms with Gasteiger partial charge in [-0.25, -0.2) is 18.7 Å². The topological polar surface area (TPSA) is 47.0 Å². The summed E-state index contributed by atoms with van der Waals surface area (Å²) in [6, 6.07) is 9.17. The molecule has 1 N–H and O–H groups in total. The number of nitrogens with one attached hydrogen (secondary N) is 1. The minimum Gasteiger partial charge on any atom is -0.487 e. The van der Waals surface area contributed by atoms with Crippen LogP contribution in [0.15, 0.2) is 42.7 Å². The van der Waals surface area contributed by atoms with Crippen LogP contribution in [-0.2, 0) is 0 Å². The zero-order valence-corrected chi connectivity index (χ0v) is 14.7. The number of rotatable bonds is 2. The van der Waals surface area contributed by atoms with E-state index in [2.05, 4.69) is 15.3 Å². The Kier molecular flexibility index (Phi) is 3.74. The van der Waals surface area contributed by atoms with Gasteiger partial charge in [-0.1, -0.05) is 6.07 Å². The van der Waals surface area contributed by atoms with Crippen molar-refractivity contribution in [3.8, 4) is 5.75 Å². The monoisotopic (exact) mass is 367 g/mol. The molecule has 1 aliphatic carbocycles. The maximum atomic E-state index is 14.5. The minimum absolute atomic E-state index is 0.208. The first-order valence-electron chi connectivity index (χ1n) is 9.28. The number of halogens is 2. The first kappa shape index (κ1) is 16.4. The summed E-state index contributed by atoms with van der Waals surface area (Å²) in [6.07, 6.45) is 6.30. The molecule has 4 nitrogen and oxygen atoms in total. The van der Waals surface area contributed by atoms with Crippen LogP contribution in [0.5, 0.6) is 5.75 Å². The van der Waals surface area contributed by atoms with E-state index in [9.17, 15) is 8.78 Å². The van der Waals surface area contributed by atoms with E-state index >= 15 is 0 Å². The zero-order valence-electron chi connectivity index (χ0n) is 14.7. The third-order valence-electron chi connectivity index (χ3n) is 5.69. The summed E-state index contributed by atoms with van der Waals surface area (Å²) in [4.78, 5) is 8.42. The Hall–Kier alpha value is -2.76. The summed E-state index contributed by atoms with van der Waals surface area (Å²) in [7, 11) is 0. The van der Waals surface area contributed by atoms with E-state index in [0.29, 0.717) is 28.9 Å². The van der Waals surface area contributed by atoms with E-state index in [1.165, 1.54) is 24.5 Å². The number of hydrogen-bond donors (Lipinski definition) is 1. The van der Waals surface area contributed by atoms with Crippen LogP contribution in [-0.4, -0.2) is 15.6 Å². The minimum atomic E-state index is -0.377. The van der Waals surface area contributed by atoms with Crippen LogP contribution in [0.25, 0.3) is 10.9 Å². The van der Waals surface area contributed by atoms with Crippen LogP contribution in [0, 0.1) is 11.6 Å². The summed E-state index contributed by atoms with van der Waals surface area (Å²) in [5, 5.41) is 3.71. The Labute approximate surface area is 155 Å². The Bertz CT molecular complexity index is 1010. The van der Waals surface area contributed by atoms with Gasteiger partial charge in [-0.15, -0.1) is 0 Å². The highest BCUT2D eigenvalue weighted by Gasteiger charge is 2.43. The second kappa shape index (κ2) is 6.15. The fourth-order valence-electron chi connectivity index (χ4n) is 4.44. The molecule has 1 aliphatic heterocycles. The maximum Gasteiger partial charge on any atom is 0.140 e. The largest absolute Gasteiger partial charge is 0.487 e. The van der Waals surface area contributed by atoms with Crippen molar-refractivity contribution in [2.45, 2.75) is 43.7 Å². The van der Waals surface area contributed by atoms with Crippen molar-refractivity contribution in [2.75, 3.05) is 5.32 Å². The lowest BCUT2D eigenvalue weighted by molar-refractivity contribution is 0.0451. The molecule has 1 atom stereocenters. The van der Waals surface area contributed by atoms with E-state index in [1.54, 1.807) is 18.2 Å². The summed E-state index contributed by atoms with van der Waals surface area (Å²) in [5.74, 6) is 0.428. The second-order valence-electron chi connectivity index (χ2n) is 7.43. The molecule has 2 aliphatic rings. The van der Waals surface area contributed by atoms with E-state index in [1.807, 2.05) is 0 Å².